The minimum Gasteiger partial charge on any atom is -0.489 e. The smallest absolute Gasteiger partial charge is 0.335 e. The van der Waals surface area contributed by atoms with Gasteiger partial charge in [0.05, 0.1) is 10.6 Å². The number of amides is 4. The number of hydrogen-bond donors (Lipinski definition) is 1. The third-order valence-electron chi connectivity index (χ3n) is 5.43. The van der Waals surface area contributed by atoms with Crippen molar-refractivity contribution in [2.24, 2.45) is 0 Å². The van der Waals surface area contributed by atoms with Crippen LogP contribution in [-0.4, -0.2) is 22.8 Å². The molecule has 0 aliphatic carbocycles. The van der Waals surface area contributed by atoms with E-state index in [1.807, 2.05) is 19.1 Å². The van der Waals surface area contributed by atoms with Gasteiger partial charge in [-0.25, -0.2) is 9.69 Å². The third kappa shape index (κ3) is 5.25. The van der Waals surface area contributed by atoms with Crippen LogP contribution in [0.1, 0.15) is 23.6 Å². The number of imide groups is 2. The van der Waals surface area contributed by atoms with Crippen molar-refractivity contribution in [3.63, 3.8) is 0 Å². The topological polar surface area (TPSA) is 119 Å². The van der Waals surface area contributed by atoms with E-state index in [0.717, 1.165) is 22.4 Å². The SMILES string of the molecule is CCc1ccc(N2C(=O)NC(=O)/C(=C/c3cccc(OCc4ccc([N+](=O)[O-])cc4)c3)C2=O)cc1. The zero-order valence-corrected chi connectivity index (χ0v) is 18.8. The average molecular weight is 471 g/mol. The number of non-ortho nitro benzene ring substituents is 1. The largest absolute Gasteiger partial charge is 0.489 e. The zero-order chi connectivity index (χ0) is 24.9. The average Bonchev–Trinajstić information content (AvgIpc) is 2.86. The van der Waals surface area contributed by atoms with Crippen LogP contribution in [0.3, 0.4) is 0 Å². The molecule has 1 fully saturated rings. The number of nitro benzene ring substituents is 1. The second-order valence-corrected chi connectivity index (χ2v) is 7.76. The summed E-state index contributed by atoms with van der Waals surface area (Å²) >= 11 is 0. The van der Waals surface area contributed by atoms with Gasteiger partial charge in [0, 0.05) is 12.1 Å². The molecule has 3 aromatic carbocycles. The third-order valence-corrected chi connectivity index (χ3v) is 5.43. The summed E-state index contributed by atoms with van der Waals surface area (Å²) in [5.41, 5.74) is 2.49. The van der Waals surface area contributed by atoms with Crippen molar-refractivity contribution in [1.82, 2.24) is 5.32 Å². The lowest BCUT2D eigenvalue weighted by Gasteiger charge is -2.26. The predicted molar refractivity (Wildman–Crippen MR) is 129 cm³/mol. The first kappa shape index (κ1) is 23.4. The van der Waals surface area contributed by atoms with Crippen LogP contribution in [-0.2, 0) is 22.6 Å². The van der Waals surface area contributed by atoms with Gasteiger partial charge < -0.3 is 4.74 Å². The molecule has 35 heavy (non-hydrogen) atoms. The maximum atomic E-state index is 13.1. The summed E-state index contributed by atoms with van der Waals surface area (Å²) in [5, 5.41) is 13.0. The van der Waals surface area contributed by atoms with Crippen molar-refractivity contribution in [1.29, 1.82) is 0 Å². The van der Waals surface area contributed by atoms with E-state index in [-0.39, 0.29) is 17.9 Å². The lowest BCUT2D eigenvalue weighted by atomic mass is 10.1. The molecule has 0 saturated carbocycles. The van der Waals surface area contributed by atoms with Crippen LogP contribution >= 0.6 is 0 Å². The van der Waals surface area contributed by atoms with Crippen LogP contribution in [0.5, 0.6) is 5.75 Å². The summed E-state index contributed by atoms with van der Waals surface area (Å²) in [4.78, 5) is 49.1. The molecule has 1 N–H and O–H groups in total. The number of carbonyl (C=O) groups excluding carboxylic acids is 3. The first-order valence-electron chi connectivity index (χ1n) is 10.8. The Morgan fingerprint density at radius 3 is 2.31 bits per heavy atom. The lowest BCUT2D eigenvalue weighted by Crippen LogP contribution is -2.54. The van der Waals surface area contributed by atoms with Gasteiger partial charge in [0.15, 0.2) is 0 Å². The van der Waals surface area contributed by atoms with Crippen LogP contribution in [0.2, 0.25) is 0 Å². The number of ether oxygens (including phenoxy) is 1. The molecule has 0 unspecified atom stereocenters. The molecule has 176 valence electrons. The van der Waals surface area contributed by atoms with Crippen LogP contribution in [0, 0.1) is 10.1 Å². The highest BCUT2D eigenvalue weighted by atomic mass is 16.6. The summed E-state index contributed by atoms with van der Waals surface area (Å²) in [6.45, 7) is 2.17. The normalized spacial score (nSPS) is 14.7. The molecule has 1 aliphatic heterocycles. The highest BCUT2D eigenvalue weighted by Crippen LogP contribution is 2.24. The van der Waals surface area contributed by atoms with Gasteiger partial charge in [-0.05, 0) is 65.6 Å². The molecule has 9 nitrogen and oxygen atoms in total. The van der Waals surface area contributed by atoms with E-state index >= 15 is 0 Å². The second kappa shape index (κ2) is 10.0. The lowest BCUT2D eigenvalue weighted by molar-refractivity contribution is -0.384. The van der Waals surface area contributed by atoms with E-state index in [9.17, 15) is 24.5 Å². The summed E-state index contributed by atoms with van der Waals surface area (Å²) in [6, 6.07) is 18.9. The number of barbiturate groups is 1. The molecule has 0 aromatic heterocycles. The van der Waals surface area contributed by atoms with E-state index in [2.05, 4.69) is 5.32 Å². The van der Waals surface area contributed by atoms with Gasteiger partial charge in [0.25, 0.3) is 17.5 Å². The molecular formula is C26H21N3O6. The fraction of sp³-hybridized carbons (Fsp3) is 0.115. The highest BCUT2D eigenvalue weighted by molar-refractivity contribution is 6.39. The molecule has 0 radical (unpaired) electrons. The Morgan fingerprint density at radius 2 is 1.66 bits per heavy atom. The summed E-state index contributed by atoms with van der Waals surface area (Å²) in [5.74, 6) is -1.02. The molecule has 1 saturated heterocycles. The Bertz CT molecular complexity index is 1330. The Hall–Kier alpha value is -4.79. The number of nitro groups is 1. The van der Waals surface area contributed by atoms with Crippen LogP contribution in [0.15, 0.2) is 78.4 Å². The number of benzene rings is 3. The van der Waals surface area contributed by atoms with Crippen molar-refractivity contribution in [2.45, 2.75) is 20.0 Å². The number of carbonyl (C=O) groups is 3. The molecule has 3 aromatic rings. The van der Waals surface area contributed by atoms with Gasteiger partial charge in [-0.1, -0.05) is 31.2 Å². The van der Waals surface area contributed by atoms with Crippen LogP contribution < -0.4 is 15.0 Å². The molecule has 0 bridgehead atoms. The molecule has 1 aliphatic rings. The standard InChI is InChI=1S/C26H21N3O6/c1-2-17-6-10-20(11-7-17)28-25(31)23(24(30)27-26(28)32)15-19-4-3-5-22(14-19)35-16-18-8-12-21(13-9-18)29(33)34/h3-15H,2,16H2,1H3,(H,27,30,32)/b23-15-. The Labute approximate surface area is 200 Å². The van der Waals surface area contributed by atoms with Gasteiger partial charge in [-0.2, -0.15) is 0 Å². The number of hydrogen-bond acceptors (Lipinski definition) is 6. The quantitative estimate of drug-likeness (QED) is 0.236. The number of urea groups is 1. The van der Waals surface area contributed by atoms with E-state index in [0.29, 0.717) is 17.0 Å². The van der Waals surface area contributed by atoms with E-state index < -0.39 is 22.8 Å². The molecule has 9 heteroatoms. The highest BCUT2D eigenvalue weighted by Gasteiger charge is 2.36. The number of aryl methyl sites for hydroxylation is 1. The van der Waals surface area contributed by atoms with Crippen molar-refractivity contribution in [3.05, 3.63) is 105 Å². The number of rotatable bonds is 7. The Kier molecular flexibility index (Phi) is 6.68. The predicted octanol–water partition coefficient (Wildman–Crippen LogP) is 4.40. The molecule has 0 atom stereocenters. The van der Waals surface area contributed by atoms with Gasteiger partial charge >= 0.3 is 6.03 Å². The summed E-state index contributed by atoms with van der Waals surface area (Å²) in [7, 11) is 0. The fourth-order valence-corrected chi connectivity index (χ4v) is 3.51. The molecule has 0 spiro atoms. The van der Waals surface area contributed by atoms with Crippen molar-refractivity contribution in [3.8, 4) is 5.75 Å². The number of nitrogens with one attached hydrogen (secondary N) is 1. The van der Waals surface area contributed by atoms with Crippen molar-refractivity contribution < 1.29 is 24.0 Å². The molecule has 4 rings (SSSR count). The molecule has 4 amide bonds. The van der Waals surface area contributed by atoms with Crippen LogP contribution in [0.25, 0.3) is 6.08 Å². The van der Waals surface area contributed by atoms with Gasteiger partial charge in [-0.3, -0.25) is 25.0 Å². The fourth-order valence-electron chi connectivity index (χ4n) is 3.51. The Morgan fingerprint density at radius 1 is 0.971 bits per heavy atom. The first-order valence-corrected chi connectivity index (χ1v) is 10.8. The van der Waals surface area contributed by atoms with E-state index in [1.54, 1.807) is 48.5 Å². The first-order chi connectivity index (χ1) is 16.9. The number of nitrogens with zero attached hydrogens (tertiary/aromatic N) is 2. The molecule has 1 heterocycles. The van der Waals surface area contributed by atoms with E-state index in [4.69, 9.17) is 4.74 Å². The maximum Gasteiger partial charge on any atom is 0.335 e. The van der Waals surface area contributed by atoms with Crippen molar-refractivity contribution >= 4 is 35.3 Å². The minimum absolute atomic E-state index is 0.00775. The van der Waals surface area contributed by atoms with Crippen LogP contribution in [0.4, 0.5) is 16.2 Å². The molecular weight excluding hydrogens is 450 g/mol. The number of anilines is 1. The zero-order valence-electron chi connectivity index (χ0n) is 18.8. The maximum absolute atomic E-state index is 13.1. The monoisotopic (exact) mass is 471 g/mol. The van der Waals surface area contributed by atoms with E-state index in [1.165, 1.54) is 18.2 Å². The van der Waals surface area contributed by atoms with Gasteiger partial charge in [0.1, 0.15) is 17.9 Å². The van der Waals surface area contributed by atoms with Gasteiger partial charge in [-0.15, -0.1) is 0 Å². The van der Waals surface area contributed by atoms with Gasteiger partial charge in [0.2, 0.25) is 0 Å². The second-order valence-electron chi connectivity index (χ2n) is 7.76. The van der Waals surface area contributed by atoms with Crippen molar-refractivity contribution in [2.75, 3.05) is 4.90 Å². The minimum atomic E-state index is -0.804. The summed E-state index contributed by atoms with van der Waals surface area (Å²) in [6.07, 6.45) is 2.21. The summed E-state index contributed by atoms with van der Waals surface area (Å²) < 4.78 is 5.76. The Balaban J connectivity index is 1.53.